The Balaban J connectivity index is 1.68. The molecule has 2 fully saturated rings. The number of carboxylic acids is 1. The summed E-state index contributed by atoms with van der Waals surface area (Å²) < 4.78 is 38.2. The molecule has 0 bridgehead atoms. The number of hydrogen-bond donors (Lipinski definition) is 1. The molecule has 1 heterocycles. The van der Waals surface area contributed by atoms with E-state index in [1.807, 2.05) is 0 Å². The van der Waals surface area contributed by atoms with Gasteiger partial charge in [0.05, 0.1) is 17.9 Å². The van der Waals surface area contributed by atoms with Crippen LogP contribution in [0.25, 0.3) is 0 Å². The largest absolute Gasteiger partial charge is 0.481 e. The summed E-state index contributed by atoms with van der Waals surface area (Å²) in [6.07, 6.45) is -2.61. The lowest BCUT2D eigenvalue weighted by molar-refractivity contribution is -0.143. The molecule has 130 valence electrons. The number of rotatable bonds is 4. The van der Waals surface area contributed by atoms with E-state index in [0.717, 1.165) is 25.0 Å². The zero-order chi connectivity index (χ0) is 17.5. The molecule has 24 heavy (non-hydrogen) atoms. The summed E-state index contributed by atoms with van der Waals surface area (Å²) >= 11 is 0. The minimum atomic E-state index is -4.45. The third-order valence-electron chi connectivity index (χ3n) is 4.87. The van der Waals surface area contributed by atoms with Gasteiger partial charge < -0.3 is 10.0 Å². The molecule has 1 saturated carbocycles. The molecule has 1 aromatic rings. The van der Waals surface area contributed by atoms with Crippen LogP contribution in [0.3, 0.4) is 0 Å². The van der Waals surface area contributed by atoms with Gasteiger partial charge in [-0.3, -0.25) is 9.59 Å². The van der Waals surface area contributed by atoms with E-state index in [1.54, 1.807) is 0 Å². The Morgan fingerprint density at radius 3 is 2.50 bits per heavy atom. The predicted octanol–water partition coefficient (Wildman–Crippen LogP) is 2.82. The van der Waals surface area contributed by atoms with Crippen LogP contribution in [0.1, 0.15) is 24.0 Å². The summed E-state index contributed by atoms with van der Waals surface area (Å²) in [5.41, 5.74) is -0.495. The van der Waals surface area contributed by atoms with Crippen molar-refractivity contribution in [3.8, 4) is 0 Å². The molecule has 2 aliphatic rings. The Bertz CT molecular complexity index is 655. The van der Waals surface area contributed by atoms with Gasteiger partial charge in [0.1, 0.15) is 0 Å². The third kappa shape index (κ3) is 3.55. The highest BCUT2D eigenvalue weighted by atomic mass is 19.4. The predicted molar refractivity (Wildman–Crippen MR) is 79.1 cm³/mol. The monoisotopic (exact) mass is 341 g/mol. The average molecular weight is 341 g/mol. The molecule has 2 atom stereocenters. The van der Waals surface area contributed by atoms with Crippen molar-refractivity contribution in [2.45, 2.75) is 25.4 Å². The van der Waals surface area contributed by atoms with Gasteiger partial charge in [0.15, 0.2) is 0 Å². The second-order valence-electron chi connectivity index (χ2n) is 6.62. The summed E-state index contributed by atoms with van der Waals surface area (Å²) in [6, 6.07) is 4.70. The molecule has 0 aromatic heterocycles. The van der Waals surface area contributed by atoms with Crippen molar-refractivity contribution in [3.63, 3.8) is 0 Å². The summed E-state index contributed by atoms with van der Waals surface area (Å²) in [5, 5.41) is 9.31. The van der Waals surface area contributed by atoms with Gasteiger partial charge in [0.2, 0.25) is 5.91 Å². The number of hydrogen-bond acceptors (Lipinski definition) is 2. The molecule has 1 aliphatic carbocycles. The van der Waals surface area contributed by atoms with Gasteiger partial charge in [-0.15, -0.1) is 0 Å². The molecule has 4 nitrogen and oxygen atoms in total. The highest BCUT2D eigenvalue weighted by molar-refractivity contribution is 5.81. The van der Waals surface area contributed by atoms with Gasteiger partial charge in [-0.25, -0.2) is 0 Å². The second-order valence-corrected chi connectivity index (χ2v) is 6.62. The highest BCUT2D eigenvalue weighted by Crippen LogP contribution is 2.44. The number of benzene rings is 1. The van der Waals surface area contributed by atoms with Crippen molar-refractivity contribution in [1.82, 2.24) is 4.90 Å². The Morgan fingerprint density at radius 2 is 1.92 bits per heavy atom. The first-order valence-electron chi connectivity index (χ1n) is 7.92. The van der Waals surface area contributed by atoms with Gasteiger partial charge in [-0.1, -0.05) is 18.2 Å². The first kappa shape index (κ1) is 16.8. The Kier molecular flexibility index (Phi) is 4.27. The van der Waals surface area contributed by atoms with Crippen LogP contribution in [-0.2, 0) is 22.2 Å². The molecule has 0 unspecified atom stereocenters. The van der Waals surface area contributed by atoms with Gasteiger partial charge in [-0.2, -0.15) is 13.2 Å². The van der Waals surface area contributed by atoms with Crippen molar-refractivity contribution >= 4 is 11.9 Å². The molecule has 1 saturated heterocycles. The van der Waals surface area contributed by atoms with Crippen molar-refractivity contribution in [2.24, 2.45) is 17.8 Å². The van der Waals surface area contributed by atoms with Crippen molar-refractivity contribution in [2.75, 3.05) is 13.1 Å². The standard InChI is InChI=1S/C17H18F3NO3/c18-17(19,20)12-3-1-2-10(6-12)7-15(22)21-8-13(11-4-5-11)14(9-21)16(23)24/h1-3,6,11,13-14H,4-5,7-9H2,(H,23,24)/t13-,14+/m0/s1. The maximum atomic E-state index is 12.7. The van der Waals surface area contributed by atoms with Crippen molar-refractivity contribution in [3.05, 3.63) is 35.4 Å². The molecular formula is C17H18F3NO3. The lowest BCUT2D eigenvalue weighted by Gasteiger charge is -2.17. The number of carbonyl (C=O) groups excluding carboxylic acids is 1. The zero-order valence-corrected chi connectivity index (χ0v) is 12.9. The minimum Gasteiger partial charge on any atom is -0.481 e. The smallest absolute Gasteiger partial charge is 0.416 e. The molecule has 1 aliphatic heterocycles. The van der Waals surface area contributed by atoms with Crippen LogP contribution in [0.15, 0.2) is 24.3 Å². The van der Waals surface area contributed by atoms with Crippen LogP contribution in [0.4, 0.5) is 13.2 Å². The van der Waals surface area contributed by atoms with Gasteiger partial charge in [0, 0.05) is 13.1 Å². The minimum absolute atomic E-state index is 0.0343. The van der Waals surface area contributed by atoms with E-state index in [0.29, 0.717) is 12.5 Å². The quantitative estimate of drug-likeness (QED) is 0.916. The number of aliphatic carboxylic acids is 1. The first-order valence-corrected chi connectivity index (χ1v) is 7.92. The number of nitrogens with zero attached hydrogens (tertiary/aromatic N) is 1. The maximum Gasteiger partial charge on any atom is 0.416 e. The molecule has 0 radical (unpaired) electrons. The van der Waals surface area contributed by atoms with Gasteiger partial charge in [0.25, 0.3) is 0 Å². The number of alkyl halides is 3. The van der Waals surface area contributed by atoms with Gasteiger partial charge >= 0.3 is 12.1 Å². The van der Waals surface area contributed by atoms with E-state index in [2.05, 4.69) is 0 Å². The van der Waals surface area contributed by atoms with E-state index in [9.17, 15) is 27.9 Å². The van der Waals surface area contributed by atoms with E-state index in [1.165, 1.54) is 17.0 Å². The summed E-state index contributed by atoms with van der Waals surface area (Å²) in [6.45, 7) is 0.535. The molecular weight excluding hydrogens is 323 g/mol. The first-order chi connectivity index (χ1) is 11.3. The third-order valence-corrected chi connectivity index (χ3v) is 4.87. The molecule has 7 heteroatoms. The number of amides is 1. The highest BCUT2D eigenvalue weighted by Gasteiger charge is 2.46. The molecule has 1 aromatic carbocycles. The lowest BCUT2D eigenvalue weighted by atomic mass is 9.92. The fourth-order valence-corrected chi connectivity index (χ4v) is 3.44. The topological polar surface area (TPSA) is 57.6 Å². The summed E-state index contributed by atoms with van der Waals surface area (Å²) in [4.78, 5) is 25.2. The van der Waals surface area contributed by atoms with E-state index in [4.69, 9.17) is 0 Å². The van der Waals surface area contributed by atoms with Crippen molar-refractivity contribution in [1.29, 1.82) is 0 Å². The van der Waals surface area contributed by atoms with E-state index >= 15 is 0 Å². The fraction of sp³-hybridized carbons (Fsp3) is 0.529. The number of likely N-dealkylation sites (tertiary alicyclic amines) is 1. The Hall–Kier alpha value is -2.05. The molecule has 1 N–H and O–H groups in total. The lowest BCUT2D eigenvalue weighted by Crippen LogP contribution is -2.31. The Morgan fingerprint density at radius 1 is 1.21 bits per heavy atom. The maximum absolute atomic E-state index is 12.7. The number of carbonyl (C=O) groups is 2. The Labute approximate surface area is 137 Å². The summed E-state index contributed by atoms with van der Waals surface area (Å²) in [5.74, 6) is -1.46. The fourth-order valence-electron chi connectivity index (χ4n) is 3.44. The van der Waals surface area contributed by atoms with Crippen LogP contribution in [0.2, 0.25) is 0 Å². The van der Waals surface area contributed by atoms with Crippen molar-refractivity contribution < 1.29 is 27.9 Å². The normalized spacial score (nSPS) is 24.2. The molecule has 0 spiro atoms. The van der Waals surface area contributed by atoms with Crippen LogP contribution in [0.5, 0.6) is 0 Å². The molecule has 1 amide bonds. The van der Waals surface area contributed by atoms with E-state index in [-0.39, 0.29) is 30.4 Å². The van der Waals surface area contributed by atoms with Crippen LogP contribution in [-0.4, -0.2) is 35.0 Å². The van der Waals surface area contributed by atoms with Crippen LogP contribution >= 0.6 is 0 Å². The average Bonchev–Trinajstić information content (AvgIpc) is 3.24. The van der Waals surface area contributed by atoms with Gasteiger partial charge in [-0.05, 0) is 36.3 Å². The second kappa shape index (κ2) is 6.11. The number of carboxylic acid groups (broad SMARTS) is 1. The van der Waals surface area contributed by atoms with Crippen LogP contribution < -0.4 is 0 Å². The zero-order valence-electron chi connectivity index (χ0n) is 12.9. The molecule has 3 rings (SSSR count). The van der Waals surface area contributed by atoms with E-state index < -0.39 is 23.6 Å². The number of halogens is 3. The SMILES string of the molecule is O=C(O)[C@@H]1CN(C(=O)Cc2cccc(C(F)(F)F)c2)C[C@H]1C1CC1. The van der Waals surface area contributed by atoms with Crippen LogP contribution in [0, 0.1) is 17.8 Å². The summed E-state index contributed by atoms with van der Waals surface area (Å²) in [7, 11) is 0.